The fraction of sp³-hybridized carbons (Fsp3) is 0.0476. The van der Waals surface area contributed by atoms with Crippen LogP contribution in [0.15, 0.2) is 71.8 Å². The minimum absolute atomic E-state index is 0.226. The van der Waals surface area contributed by atoms with Crippen LogP contribution in [0.25, 0.3) is 22.2 Å². The summed E-state index contributed by atoms with van der Waals surface area (Å²) in [6, 6.07) is 16.0. The Morgan fingerprint density at radius 1 is 1.04 bits per heavy atom. The van der Waals surface area contributed by atoms with Crippen molar-refractivity contribution in [2.45, 2.75) is 6.54 Å². The Morgan fingerprint density at radius 3 is 2.46 bits per heavy atom. The summed E-state index contributed by atoms with van der Waals surface area (Å²) in [5.74, 6) is -1.83. The quantitative estimate of drug-likeness (QED) is 0.570. The molecule has 0 spiro atoms. The molecule has 7 nitrogen and oxygen atoms in total. The predicted octanol–water partition coefficient (Wildman–Crippen LogP) is 2.91. The molecule has 0 fully saturated rings. The molecule has 0 aliphatic carbocycles. The van der Waals surface area contributed by atoms with E-state index in [1.807, 2.05) is 30.3 Å². The zero-order valence-corrected chi connectivity index (χ0v) is 14.6. The van der Waals surface area contributed by atoms with Crippen LogP contribution in [-0.4, -0.2) is 30.7 Å². The number of hydrogen-bond acceptors (Lipinski definition) is 5. The van der Waals surface area contributed by atoms with Crippen molar-refractivity contribution in [3.63, 3.8) is 0 Å². The van der Waals surface area contributed by atoms with Gasteiger partial charge < -0.3 is 14.8 Å². The molecule has 0 bridgehead atoms. The number of aromatic nitrogens is 3. The molecule has 0 radical (unpaired) electrons. The molecule has 1 aromatic carbocycles. The minimum atomic E-state index is -1.35. The first kappa shape index (κ1) is 17.4. The van der Waals surface area contributed by atoms with Crippen molar-refractivity contribution in [3.8, 4) is 17.0 Å². The number of carboxylic acids is 1. The van der Waals surface area contributed by atoms with Crippen LogP contribution in [0.5, 0.6) is 5.75 Å². The number of fused-ring (bicyclic) bond motifs is 1. The molecule has 4 rings (SSSR count). The molecule has 0 atom stereocenters. The van der Waals surface area contributed by atoms with Gasteiger partial charge in [-0.25, -0.2) is 9.78 Å². The van der Waals surface area contributed by atoms with Crippen LogP contribution in [-0.2, 0) is 6.54 Å². The van der Waals surface area contributed by atoms with Crippen LogP contribution < -0.4 is 5.56 Å². The molecule has 28 heavy (non-hydrogen) atoms. The van der Waals surface area contributed by atoms with Crippen LogP contribution in [0.3, 0.4) is 0 Å². The number of benzene rings is 1. The Balaban J connectivity index is 2.05. The first-order valence-electron chi connectivity index (χ1n) is 8.50. The van der Waals surface area contributed by atoms with Gasteiger partial charge in [0, 0.05) is 11.6 Å². The Bertz CT molecular complexity index is 1240. The summed E-state index contributed by atoms with van der Waals surface area (Å²) in [6.07, 6.45) is 2.86. The van der Waals surface area contributed by atoms with Crippen molar-refractivity contribution in [2.75, 3.05) is 0 Å². The van der Waals surface area contributed by atoms with E-state index >= 15 is 0 Å². The molecule has 7 heteroatoms. The summed E-state index contributed by atoms with van der Waals surface area (Å²) in [5, 5.41) is 20.0. The lowest BCUT2D eigenvalue weighted by Crippen LogP contribution is -2.23. The Hall–Kier alpha value is -4.00. The predicted molar refractivity (Wildman–Crippen MR) is 103 cm³/mol. The first-order chi connectivity index (χ1) is 13.6. The van der Waals surface area contributed by atoms with Crippen LogP contribution >= 0.6 is 0 Å². The van der Waals surface area contributed by atoms with Gasteiger partial charge in [0.05, 0.1) is 29.5 Å². The van der Waals surface area contributed by atoms with E-state index in [2.05, 4.69) is 9.97 Å². The number of rotatable bonds is 4. The highest BCUT2D eigenvalue weighted by Gasteiger charge is 2.20. The third kappa shape index (κ3) is 2.99. The highest BCUT2D eigenvalue weighted by molar-refractivity contribution is 5.98. The molecular formula is C21H15N3O4. The van der Waals surface area contributed by atoms with E-state index in [-0.39, 0.29) is 23.1 Å². The highest BCUT2D eigenvalue weighted by atomic mass is 16.4. The summed E-state index contributed by atoms with van der Waals surface area (Å²) in [7, 11) is 0. The van der Waals surface area contributed by atoms with Crippen LogP contribution in [0.4, 0.5) is 0 Å². The van der Waals surface area contributed by atoms with Gasteiger partial charge in [-0.1, -0.05) is 36.4 Å². The Labute approximate surface area is 159 Å². The number of pyridine rings is 3. The van der Waals surface area contributed by atoms with E-state index in [0.29, 0.717) is 11.2 Å². The van der Waals surface area contributed by atoms with Gasteiger partial charge in [-0.3, -0.25) is 9.78 Å². The normalized spacial score (nSPS) is 10.9. The second-order valence-electron chi connectivity index (χ2n) is 6.21. The van der Waals surface area contributed by atoms with Gasteiger partial charge in [0.25, 0.3) is 5.56 Å². The Kier molecular flexibility index (Phi) is 4.33. The van der Waals surface area contributed by atoms with Gasteiger partial charge in [0.15, 0.2) is 11.4 Å². The topological polar surface area (TPSA) is 105 Å². The lowest BCUT2D eigenvalue weighted by molar-refractivity contribution is 0.0687. The van der Waals surface area contributed by atoms with Gasteiger partial charge >= 0.3 is 5.97 Å². The number of aromatic hydroxyl groups is 1. The van der Waals surface area contributed by atoms with Gasteiger partial charge in [-0.2, -0.15) is 0 Å². The zero-order valence-electron chi connectivity index (χ0n) is 14.6. The number of carboxylic acid groups (broad SMARTS) is 1. The summed E-state index contributed by atoms with van der Waals surface area (Å²) in [5.41, 5.74) is 1.15. The van der Waals surface area contributed by atoms with Crippen molar-refractivity contribution < 1.29 is 15.0 Å². The summed E-state index contributed by atoms with van der Waals surface area (Å²) in [4.78, 5) is 32.6. The second kappa shape index (κ2) is 6.96. The molecule has 3 heterocycles. The van der Waals surface area contributed by atoms with Gasteiger partial charge in [0.1, 0.15) is 0 Å². The standard InChI is InChI=1S/C21H15N3O4/c25-19-15-10-14(16-8-4-5-9-22-16)20(26)24(12-13-6-2-1-3-7-13)17(15)11-23-18(19)21(27)28/h1-11,25H,12H2,(H,27,28). The molecule has 0 aliphatic heterocycles. The average Bonchev–Trinajstić information content (AvgIpc) is 2.71. The molecule has 0 unspecified atom stereocenters. The highest BCUT2D eigenvalue weighted by Crippen LogP contribution is 2.29. The molecule has 4 aromatic rings. The van der Waals surface area contributed by atoms with Crippen molar-refractivity contribution >= 4 is 16.9 Å². The maximum absolute atomic E-state index is 13.2. The number of nitrogens with zero attached hydrogens (tertiary/aromatic N) is 3. The fourth-order valence-corrected chi connectivity index (χ4v) is 3.11. The van der Waals surface area contributed by atoms with Gasteiger partial charge in [0.2, 0.25) is 0 Å². The monoisotopic (exact) mass is 373 g/mol. The van der Waals surface area contributed by atoms with Gasteiger partial charge in [-0.05, 0) is 23.8 Å². The van der Waals surface area contributed by atoms with Crippen molar-refractivity contribution in [3.05, 3.63) is 88.6 Å². The lowest BCUT2D eigenvalue weighted by atomic mass is 10.1. The number of carbonyl (C=O) groups is 1. The average molecular weight is 373 g/mol. The molecule has 138 valence electrons. The molecule has 0 saturated heterocycles. The van der Waals surface area contributed by atoms with Crippen LogP contribution in [0.1, 0.15) is 16.1 Å². The molecule has 2 N–H and O–H groups in total. The molecule has 0 aliphatic rings. The molecule has 3 aromatic heterocycles. The fourth-order valence-electron chi connectivity index (χ4n) is 3.11. The molecule has 0 saturated carbocycles. The Morgan fingerprint density at radius 2 is 1.79 bits per heavy atom. The second-order valence-corrected chi connectivity index (χ2v) is 6.21. The first-order valence-corrected chi connectivity index (χ1v) is 8.50. The molecular weight excluding hydrogens is 358 g/mol. The van der Waals surface area contributed by atoms with E-state index < -0.39 is 17.4 Å². The minimum Gasteiger partial charge on any atom is -0.505 e. The van der Waals surface area contributed by atoms with Gasteiger partial charge in [-0.15, -0.1) is 0 Å². The molecule has 0 amide bonds. The van der Waals surface area contributed by atoms with E-state index in [1.165, 1.54) is 16.8 Å². The smallest absolute Gasteiger partial charge is 0.358 e. The van der Waals surface area contributed by atoms with E-state index in [4.69, 9.17) is 0 Å². The zero-order chi connectivity index (χ0) is 19.7. The van der Waals surface area contributed by atoms with Crippen molar-refractivity contribution in [1.82, 2.24) is 14.5 Å². The number of aromatic carboxylic acids is 1. The third-order valence-corrected chi connectivity index (χ3v) is 4.45. The van der Waals surface area contributed by atoms with Crippen molar-refractivity contribution in [1.29, 1.82) is 0 Å². The van der Waals surface area contributed by atoms with Crippen molar-refractivity contribution in [2.24, 2.45) is 0 Å². The van der Waals surface area contributed by atoms with E-state index in [9.17, 15) is 19.8 Å². The summed E-state index contributed by atoms with van der Waals surface area (Å²) >= 11 is 0. The van der Waals surface area contributed by atoms with Crippen LogP contribution in [0, 0.1) is 0 Å². The summed E-state index contributed by atoms with van der Waals surface area (Å²) < 4.78 is 1.47. The maximum atomic E-state index is 13.2. The largest absolute Gasteiger partial charge is 0.505 e. The maximum Gasteiger partial charge on any atom is 0.358 e. The lowest BCUT2D eigenvalue weighted by Gasteiger charge is -2.14. The number of hydrogen-bond donors (Lipinski definition) is 2. The van der Waals surface area contributed by atoms with E-state index in [1.54, 1.807) is 24.4 Å². The van der Waals surface area contributed by atoms with Crippen LogP contribution in [0.2, 0.25) is 0 Å². The summed E-state index contributed by atoms with van der Waals surface area (Å²) in [6.45, 7) is 0.240. The SMILES string of the molecule is O=C(O)c1ncc2c(cc(-c3ccccn3)c(=O)n2Cc2ccccc2)c1O. The van der Waals surface area contributed by atoms with E-state index in [0.717, 1.165) is 5.56 Å². The third-order valence-electron chi connectivity index (χ3n) is 4.45.